The average molecular weight is 472 g/mol. The topological polar surface area (TPSA) is 116 Å². The van der Waals surface area contributed by atoms with E-state index in [4.69, 9.17) is 4.74 Å². The van der Waals surface area contributed by atoms with Crippen LogP contribution in [0.5, 0.6) is 0 Å². The Morgan fingerprint density at radius 2 is 1.51 bits per heavy atom. The van der Waals surface area contributed by atoms with Crippen molar-refractivity contribution in [2.24, 2.45) is 0 Å². The number of likely N-dealkylation sites (tertiary alicyclic amines) is 1. The van der Waals surface area contributed by atoms with E-state index in [1.54, 1.807) is 18.2 Å². The minimum Gasteiger partial charge on any atom is -0.480 e. The number of nitrogens with zero attached hydrogens (tertiary/aromatic N) is 1. The van der Waals surface area contributed by atoms with Gasteiger partial charge in [-0.05, 0) is 34.4 Å². The van der Waals surface area contributed by atoms with Gasteiger partial charge in [-0.2, -0.15) is 0 Å². The maximum absolute atomic E-state index is 13.1. The molecular formula is C27H24N2O6. The lowest BCUT2D eigenvalue weighted by atomic mass is 9.98. The number of aliphatic hydroxyl groups excluding tert-OH is 1. The third-order valence-electron chi connectivity index (χ3n) is 6.56. The predicted molar refractivity (Wildman–Crippen MR) is 128 cm³/mol. The number of aliphatic carboxylic acids is 1. The quantitative estimate of drug-likeness (QED) is 0.521. The fourth-order valence-corrected chi connectivity index (χ4v) is 4.95. The number of nitrogens with one attached hydrogen (secondary N) is 1. The fourth-order valence-electron chi connectivity index (χ4n) is 4.95. The molecule has 2 aliphatic rings. The monoisotopic (exact) mass is 472 g/mol. The number of para-hydroxylation sites is 1. The van der Waals surface area contributed by atoms with Crippen LogP contribution < -0.4 is 5.32 Å². The molecule has 3 aromatic carbocycles. The van der Waals surface area contributed by atoms with Crippen molar-refractivity contribution in [1.29, 1.82) is 0 Å². The molecule has 3 aromatic rings. The SMILES string of the molecule is O=C(Nc1ccccc1C(=O)N1CC(O)C[C@H]1C(=O)O)OCC1c2ccccc2-c2ccccc21. The molecule has 1 saturated heterocycles. The van der Waals surface area contributed by atoms with Crippen molar-refractivity contribution in [3.05, 3.63) is 89.5 Å². The lowest BCUT2D eigenvalue weighted by Crippen LogP contribution is -2.41. The first-order valence-corrected chi connectivity index (χ1v) is 11.4. The third-order valence-corrected chi connectivity index (χ3v) is 6.56. The summed E-state index contributed by atoms with van der Waals surface area (Å²) < 4.78 is 5.57. The molecule has 1 fully saturated rings. The van der Waals surface area contributed by atoms with Crippen LogP contribution in [-0.2, 0) is 9.53 Å². The molecule has 1 aliphatic carbocycles. The highest BCUT2D eigenvalue weighted by Gasteiger charge is 2.40. The van der Waals surface area contributed by atoms with Crippen LogP contribution in [0.3, 0.4) is 0 Å². The first kappa shape index (κ1) is 22.6. The highest BCUT2D eigenvalue weighted by molar-refractivity contribution is 6.04. The van der Waals surface area contributed by atoms with Crippen LogP contribution in [0.15, 0.2) is 72.8 Å². The Labute approximate surface area is 201 Å². The van der Waals surface area contributed by atoms with Crippen LogP contribution in [-0.4, -0.2) is 58.4 Å². The van der Waals surface area contributed by atoms with Gasteiger partial charge >= 0.3 is 12.1 Å². The Bertz CT molecular complexity index is 1260. The number of benzene rings is 3. The number of hydrogen-bond donors (Lipinski definition) is 3. The number of hydrogen-bond acceptors (Lipinski definition) is 5. The van der Waals surface area contributed by atoms with Gasteiger partial charge in [-0.1, -0.05) is 60.7 Å². The summed E-state index contributed by atoms with van der Waals surface area (Å²) in [6.07, 6.45) is -1.67. The number of carboxylic acids is 1. The van der Waals surface area contributed by atoms with Crippen LogP contribution in [0.2, 0.25) is 0 Å². The lowest BCUT2D eigenvalue weighted by Gasteiger charge is -2.22. The molecule has 2 atom stereocenters. The molecule has 0 aromatic heterocycles. The van der Waals surface area contributed by atoms with E-state index < -0.39 is 30.1 Å². The number of fused-ring (bicyclic) bond motifs is 3. The van der Waals surface area contributed by atoms with E-state index in [9.17, 15) is 24.6 Å². The molecule has 8 heteroatoms. The van der Waals surface area contributed by atoms with Crippen LogP contribution >= 0.6 is 0 Å². The van der Waals surface area contributed by atoms with Gasteiger partial charge in [-0.3, -0.25) is 10.1 Å². The van der Waals surface area contributed by atoms with Crippen molar-refractivity contribution in [2.45, 2.75) is 24.5 Å². The van der Waals surface area contributed by atoms with E-state index in [2.05, 4.69) is 17.4 Å². The Kier molecular flexibility index (Phi) is 5.96. The third kappa shape index (κ3) is 4.24. The molecule has 1 unspecified atom stereocenters. The molecule has 0 saturated carbocycles. The summed E-state index contributed by atoms with van der Waals surface area (Å²) >= 11 is 0. The van der Waals surface area contributed by atoms with Crippen LogP contribution in [0, 0.1) is 0 Å². The summed E-state index contributed by atoms with van der Waals surface area (Å²) in [6, 6.07) is 21.2. The van der Waals surface area contributed by atoms with Gasteiger partial charge in [-0.25, -0.2) is 9.59 Å². The molecule has 0 radical (unpaired) electrons. The number of β-amino-alcohol motifs (C(OH)–C–C–N with tert-alkyl or cyclic N) is 1. The summed E-state index contributed by atoms with van der Waals surface area (Å²) in [5.74, 6) is -1.87. The molecule has 0 spiro atoms. The van der Waals surface area contributed by atoms with Crippen LogP contribution in [0.25, 0.3) is 11.1 Å². The van der Waals surface area contributed by atoms with Gasteiger partial charge in [0.15, 0.2) is 0 Å². The Morgan fingerprint density at radius 1 is 0.914 bits per heavy atom. The smallest absolute Gasteiger partial charge is 0.411 e. The molecule has 5 rings (SSSR count). The highest BCUT2D eigenvalue weighted by atomic mass is 16.5. The minimum absolute atomic E-state index is 0.0386. The summed E-state index contributed by atoms with van der Waals surface area (Å²) in [4.78, 5) is 38.5. The van der Waals surface area contributed by atoms with E-state index in [1.807, 2.05) is 36.4 Å². The molecule has 1 aliphatic heterocycles. The summed E-state index contributed by atoms with van der Waals surface area (Å²) in [6.45, 7) is 0.0322. The summed E-state index contributed by atoms with van der Waals surface area (Å²) in [5, 5.41) is 21.9. The number of rotatable bonds is 5. The van der Waals surface area contributed by atoms with Gasteiger partial charge in [-0.15, -0.1) is 0 Å². The van der Waals surface area contributed by atoms with Crippen molar-refractivity contribution in [1.82, 2.24) is 4.90 Å². The van der Waals surface area contributed by atoms with Crippen molar-refractivity contribution in [3.8, 4) is 11.1 Å². The van der Waals surface area contributed by atoms with Gasteiger partial charge in [0.25, 0.3) is 5.91 Å². The summed E-state index contributed by atoms with van der Waals surface area (Å²) in [7, 11) is 0. The number of amides is 2. The molecule has 2 amide bonds. The molecular weight excluding hydrogens is 448 g/mol. The molecule has 35 heavy (non-hydrogen) atoms. The maximum atomic E-state index is 13.1. The van der Waals surface area contributed by atoms with E-state index in [-0.39, 0.29) is 36.7 Å². The highest BCUT2D eigenvalue weighted by Crippen LogP contribution is 2.44. The number of carbonyl (C=O) groups excluding carboxylic acids is 2. The number of aliphatic hydroxyl groups is 1. The number of ether oxygens (including phenoxy) is 1. The van der Waals surface area contributed by atoms with Gasteiger partial charge in [0.1, 0.15) is 12.6 Å². The second-order valence-corrected chi connectivity index (χ2v) is 8.70. The Balaban J connectivity index is 1.31. The largest absolute Gasteiger partial charge is 0.480 e. The van der Waals surface area contributed by atoms with Gasteiger partial charge in [0, 0.05) is 18.9 Å². The van der Waals surface area contributed by atoms with Crippen molar-refractivity contribution >= 4 is 23.7 Å². The predicted octanol–water partition coefficient (Wildman–Crippen LogP) is 3.71. The zero-order valence-electron chi connectivity index (χ0n) is 18.8. The molecule has 178 valence electrons. The fraction of sp³-hybridized carbons (Fsp3) is 0.222. The second-order valence-electron chi connectivity index (χ2n) is 8.70. The minimum atomic E-state index is -1.18. The normalized spacial score (nSPS) is 18.6. The van der Waals surface area contributed by atoms with E-state index in [0.29, 0.717) is 0 Å². The first-order valence-electron chi connectivity index (χ1n) is 11.4. The number of carboxylic acid groups (broad SMARTS) is 1. The standard InChI is InChI=1S/C27H24N2O6/c30-16-13-24(26(32)33)29(14-16)25(31)21-11-5-6-12-23(21)28-27(34)35-15-22-19-9-3-1-7-17(19)18-8-2-4-10-20(18)22/h1-12,16,22,24,30H,13-15H2,(H,28,34)(H,32,33)/t16?,24-/m0/s1. The van der Waals surface area contributed by atoms with Crippen molar-refractivity contribution in [3.63, 3.8) is 0 Å². The van der Waals surface area contributed by atoms with Crippen molar-refractivity contribution < 1.29 is 29.3 Å². The molecule has 1 heterocycles. The van der Waals surface area contributed by atoms with Gasteiger partial charge in [0.2, 0.25) is 0 Å². The summed E-state index contributed by atoms with van der Waals surface area (Å²) in [5.41, 5.74) is 4.75. The Morgan fingerprint density at radius 3 is 2.17 bits per heavy atom. The van der Waals surface area contributed by atoms with E-state index >= 15 is 0 Å². The molecule has 3 N–H and O–H groups in total. The Hall–Kier alpha value is -4.17. The van der Waals surface area contributed by atoms with Gasteiger partial charge < -0.3 is 19.8 Å². The van der Waals surface area contributed by atoms with Gasteiger partial charge in [0.05, 0.1) is 17.4 Å². The zero-order chi connectivity index (χ0) is 24.5. The first-order chi connectivity index (χ1) is 16.9. The molecule has 8 nitrogen and oxygen atoms in total. The second kappa shape index (κ2) is 9.23. The van der Waals surface area contributed by atoms with Crippen molar-refractivity contribution in [2.75, 3.05) is 18.5 Å². The van der Waals surface area contributed by atoms with E-state index in [0.717, 1.165) is 27.2 Å². The van der Waals surface area contributed by atoms with Crippen LogP contribution in [0.1, 0.15) is 33.8 Å². The zero-order valence-corrected chi connectivity index (χ0v) is 18.8. The lowest BCUT2D eigenvalue weighted by molar-refractivity contribution is -0.141. The maximum Gasteiger partial charge on any atom is 0.411 e. The number of anilines is 1. The molecule has 0 bridgehead atoms. The average Bonchev–Trinajstić information content (AvgIpc) is 3.41. The number of carbonyl (C=O) groups is 3. The van der Waals surface area contributed by atoms with Crippen LogP contribution in [0.4, 0.5) is 10.5 Å². The van der Waals surface area contributed by atoms with E-state index in [1.165, 1.54) is 6.07 Å².